The third kappa shape index (κ3) is 1.60. The van der Waals surface area contributed by atoms with Gasteiger partial charge in [0.05, 0.1) is 6.07 Å². The van der Waals surface area contributed by atoms with Gasteiger partial charge in [-0.2, -0.15) is 5.26 Å². The van der Waals surface area contributed by atoms with Crippen molar-refractivity contribution >= 4 is 0 Å². The highest BCUT2D eigenvalue weighted by atomic mass is 15.2. The van der Waals surface area contributed by atoms with Crippen molar-refractivity contribution in [1.29, 1.82) is 5.26 Å². The molecule has 1 aliphatic carbocycles. The molecule has 3 heteroatoms. The first-order chi connectivity index (χ1) is 5.75. The maximum absolute atomic E-state index is 8.99. The summed E-state index contributed by atoms with van der Waals surface area (Å²) in [6, 6.07) is 2.42. The molecule has 12 heavy (non-hydrogen) atoms. The van der Waals surface area contributed by atoms with E-state index in [4.69, 9.17) is 5.26 Å². The fourth-order valence-electron chi connectivity index (χ4n) is 1.58. The van der Waals surface area contributed by atoms with Crippen LogP contribution in [0.5, 0.6) is 0 Å². The number of hydrogen-bond donors (Lipinski definition) is 1. The predicted octanol–water partition coefficient (Wildman–Crippen LogP) is 0.584. The van der Waals surface area contributed by atoms with Gasteiger partial charge in [0.2, 0.25) is 0 Å². The average Bonchev–Trinajstić information content (AvgIpc) is 2.00. The molecule has 1 aliphatic rings. The Kier molecular flexibility index (Phi) is 3.07. The van der Waals surface area contributed by atoms with Crippen molar-refractivity contribution in [3.05, 3.63) is 0 Å². The lowest BCUT2D eigenvalue weighted by atomic mass is 9.77. The van der Waals surface area contributed by atoms with E-state index in [2.05, 4.69) is 16.3 Å². The van der Waals surface area contributed by atoms with Gasteiger partial charge in [0.25, 0.3) is 0 Å². The van der Waals surface area contributed by atoms with Crippen LogP contribution in [0.3, 0.4) is 0 Å². The molecule has 1 saturated carbocycles. The van der Waals surface area contributed by atoms with E-state index in [0.29, 0.717) is 0 Å². The van der Waals surface area contributed by atoms with Gasteiger partial charge in [-0.25, -0.2) is 0 Å². The molecule has 0 saturated heterocycles. The first-order valence-corrected chi connectivity index (χ1v) is 4.52. The number of nitrogens with zero attached hydrogens (tertiary/aromatic N) is 2. The Balaban J connectivity index is 2.39. The molecule has 0 spiro atoms. The van der Waals surface area contributed by atoms with Crippen molar-refractivity contribution in [3.63, 3.8) is 0 Å². The SMILES string of the molecule is CNCCN(C)C1(C#N)CCC1. The first kappa shape index (κ1) is 9.50. The highest BCUT2D eigenvalue weighted by molar-refractivity contribution is 5.13. The van der Waals surface area contributed by atoms with Crippen LogP contribution in [-0.2, 0) is 0 Å². The summed E-state index contributed by atoms with van der Waals surface area (Å²) >= 11 is 0. The summed E-state index contributed by atoms with van der Waals surface area (Å²) in [6.07, 6.45) is 3.30. The molecule has 1 rings (SSSR count). The number of nitrogens with one attached hydrogen (secondary N) is 1. The van der Waals surface area contributed by atoms with Crippen LogP contribution in [0.2, 0.25) is 0 Å². The van der Waals surface area contributed by atoms with Gasteiger partial charge >= 0.3 is 0 Å². The molecule has 0 aromatic heterocycles. The molecular weight excluding hydrogens is 150 g/mol. The number of likely N-dealkylation sites (N-methyl/N-ethyl adjacent to an activating group) is 2. The Bertz CT molecular complexity index is 179. The van der Waals surface area contributed by atoms with Crippen LogP contribution in [0.4, 0.5) is 0 Å². The van der Waals surface area contributed by atoms with E-state index in [0.717, 1.165) is 25.9 Å². The Labute approximate surface area is 74.4 Å². The van der Waals surface area contributed by atoms with Crippen molar-refractivity contribution in [2.45, 2.75) is 24.8 Å². The Morgan fingerprint density at radius 2 is 2.25 bits per heavy atom. The van der Waals surface area contributed by atoms with Crippen molar-refractivity contribution in [3.8, 4) is 6.07 Å². The zero-order valence-corrected chi connectivity index (χ0v) is 7.93. The second-order valence-electron chi connectivity index (χ2n) is 3.52. The van der Waals surface area contributed by atoms with Gasteiger partial charge in [0.1, 0.15) is 5.54 Å². The van der Waals surface area contributed by atoms with Gasteiger partial charge < -0.3 is 5.32 Å². The first-order valence-electron chi connectivity index (χ1n) is 4.52. The van der Waals surface area contributed by atoms with Crippen molar-refractivity contribution in [2.24, 2.45) is 0 Å². The molecule has 3 nitrogen and oxygen atoms in total. The van der Waals surface area contributed by atoms with Crippen LogP contribution in [0, 0.1) is 11.3 Å². The molecule has 0 aromatic rings. The molecule has 0 atom stereocenters. The number of hydrogen-bond acceptors (Lipinski definition) is 3. The van der Waals surface area contributed by atoms with Crippen LogP contribution in [-0.4, -0.2) is 37.6 Å². The van der Waals surface area contributed by atoms with Crippen LogP contribution < -0.4 is 5.32 Å². The topological polar surface area (TPSA) is 39.1 Å². The summed E-state index contributed by atoms with van der Waals surface area (Å²) in [5.74, 6) is 0. The lowest BCUT2D eigenvalue weighted by molar-refractivity contribution is 0.0933. The maximum atomic E-state index is 8.99. The van der Waals surface area contributed by atoms with E-state index in [1.807, 2.05) is 14.1 Å². The van der Waals surface area contributed by atoms with Gasteiger partial charge in [-0.15, -0.1) is 0 Å². The summed E-state index contributed by atoms with van der Waals surface area (Å²) in [5, 5.41) is 12.1. The Hall–Kier alpha value is -0.590. The average molecular weight is 167 g/mol. The summed E-state index contributed by atoms with van der Waals surface area (Å²) in [7, 11) is 3.98. The molecule has 0 aliphatic heterocycles. The van der Waals surface area contributed by atoms with Gasteiger partial charge in [0.15, 0.2) is 0 Å². The van der Waals surface area contributed by atoms with Gasteiger partial charge in [-0.3, -0.25) is 4.90 Å². The Morgan fingerprint density at radius 3 is 2.58 bits per heavy atom. The second kappa shape index (κ2) is 3.88. The molecular formula is C9H17N3. The molecule has 0 unspecified atom stereocenters. The Morgan fingerprint density at radius 1 is 1.58 bits per heavy atom. The molecule has 1 N–H and O–H groups in total. The zero-order chi connectivity index (χ0) is 9.03. The number of nitriles is 1. The smallest absolute Gasteiger partial charge is 0.109 e. The van der Waals surface area contributed by atoms with Crippen LogP contribution in [0.25, 0.3) is 0 Å². The van der Waals surface area contributed by atoms with E-state index < -0.39 is 0 Å². The second-order valence-corrected chi connectivity index (χ2v) is 3.52. The molecule has 0 radical (unpaired) electrons. The van der Waals surface area contributed by atoms with Crippen molar-refractivity contribution in [2.75, 3.05) is 27.2 Å². The van der Waals surface area contributed by atoms with Gasteiger partial charge in [0, 0.05) is 13.1 Å². The zero-order valence-electron chi connectivity index (χ0n) is 7.93. The molecule has 68 valence electrons. The quantitative estimate of drug-likeness (QED) is 0.666. The molecule has 1 fully saturated rings. The van der Waals surface area contributed by atoms with Crippen LogP contribution >= 0.6 is 0 Å². The minimum Gasteiger partial charge on any atom is -0.318 e. The normalized spacial score (nSPS) is 20.2. The van der Waals surface area contributed by atoms with Crippen LogP contribution in [0.1, 0.15) is 19.3 Å². The van der Waals surface area contributed by atoms with Crippen LogP contribution in [0.15, 0.2) is 0 Å². The van der Waals surface area contributed by atoms with E-state index in [1.165, 1.54) is 6.42 Å². The maximum Gasteiger partial charge on any atom is 0.109 e. The molecule has 0 bridgehead atoms. The summed E-state index contributed by atoms with van der Waals surface area (Å²) < 4.78 is 0. The lowest BCUT2D eigenvalue weighted by Crippen LogP contribution is -2.52. The third-order valence-electron chi connectivity index (χ3n) is 2.82. The monoisotopic (exact) mass is 167 g/mol. The minimum absolute atomic E-state index is 0.128. The fourth-order valence-corrected chi connectivity index (χ4v) is 1.58. The lowest BCUT2D eigenvalue weighted by Gasteiger charge is -2.43. The van der Waals surface area contributed by atoms with E-state index >= 15 is 0 Å². The summed E-state index contributed by atoms with van der Waals surface area (Å²) in [4.78, 5) is 2.17. The van der Waals surface area contributed by atoms with E-state index in [1.54, 1.807) is 0 Å². The largest absolute Gasteiger partial charge is 0.318 e. The van der Waals surface area contributed by atoms with E-state index in [9.17, 15) is 0 Å². The standard InChI is InChI=1S/C9H17N3/c1-11-6-7-12(2)9(8-10)4-3-5-9/h11H,3-7H2,1-2H3. The highest BCUT2D eigenvalue weighted by Gasteiger charge is 2.40. The van der Waals surface area contributed by atoms with Gasteiger partial charge in [-0.1, -0.05) is 0 Å². The third-order valence-corrected chi connectivity index (χ3v) is 2.82. The predicted molar refractivity (Wildman–Crippen MR) is 48.8 cm³/mol. The van der Waals surface area contributed by atoms with E-state index in [-0.39, 0.29) is 5.54 Å². The van der Waals surface area contributed by atoms with Crippen molar-refractivity contribution in [1.82, 2.24) is 10.2 Å². The molecule has 0 aromatic carbocycles. The molecule has 0 heterocycles. The summed E-state index contributed by atoms with van der Waals surface area (Å²) in [5.41, 5.74) is -0.128. The molecule has 0 amide bonds. The fraction of sp³-hybridized carbons (Fsp3) is 0.889. The minimum atomic E-state index is -0.128. The van der Waals surface area contributed by atoms with Gasteiger partial charge in [-0.05, 0) is 33.4 Å². The highest BCUT2D eigenvalue weighted by Crippen LogP contribution is 2.35. The number of rotatable bonds is 4. The van der Waals surface area contributed by atoms with Crippen molar-refractivity contribution < 1.29 is 0 Å². The summed E-state index contributed by atoms with van der Waals surface area (Å²) in [6.45, 7) is 1.92.